The molecule has 1 saturated carbocycles. The lowest BCUT2D eigenvalue weighted by Crippen LogP contribution is -2.27. The second-order valence-corrected chi connectivity index (χ2v) is 7.65. The predicted octanol–water partition coefficient (Wildman–Crippen LogP) is 3.68. The van der Waals surface area contributed by atoms with Gasteiger partial charge in [-0.3, -0.25) is 4.79 Å². The molecule has 1 aromatic carbocycles. The number of carbonyl (C=O) groups excluding carboxylic acids is 1. The topological polar surface area (TPSA) is 59.8 Å². The number of aryl methyl sites for hydroxylation is 1. The number of halogens is 1. The molecule has 0 saturated heterocycles. The zero-order valence-electron chi connectivity index (χ0n) is 15.1. The lowest BCUT2D eigenvalue weighted by atomic mass is 9.95. The summed E-state index contributed by atoms with van der Waals surface area (Å²) in [5.74, 6) is 0.990. The van der Waals surface area contributed by atoms with Crippen molar-refractivity contribution in [3.8, 4) is 0 Å². The smallest absolute Gasteiger partial charge is 0.230 e. The van der Waals surface area contributed by atoms with Gasteiger partial charge in [0.2, 0.25) is 5.91 Å². The van der Waals surface area contributed by atoms with Gasteiger partial charge in [0.05, 0.1) is 5.75 Å². The largest absolute Gasteiger partial charge is 0.355 e. The highest BCUT2D eigenvalue weighted by Crippen LogP contribution is 2.32. The van der Waals surface area contributed by atoms with Crippen molar-refractivity contribution >= 4 is 17.7 Å². The van der Waals surface area contributed by atoms with Gasteiger partial charge in [-0.1, -0.05) is 43.2 Å². The molecule has 2 aromatic rings. The van der Waals surface area contributed by atoms with Gasteiger partial charge in [-0.2, -0.15) is 0 Å². The lowest BCUT2D eigenvalue weighted by Gasteiger charge is -2.24. The van der Waals surface area contributed by atoms with Crippen LogP contribution < -0.4 is 5.32 Å². The molecule has 1 aliphatic carbocycles. The van der Waals surface area contributed by atoms with Crippen LogP contribution in [0.5, 0.6) is 0 Å². The fourth-order valence-corrected chi connectivity index (χ4v) is 4.27. The molecule has 1 aromatic heterocycles. The van der Waals surface area contributed by atoms with E-state index in [9.17, 15) is 9.18 Å². The van der Waals surface area contributed by atoms with Crippen molar-refractivity contribution in [2.24, 2.45) is 0 Å². The Morgan fingerprint density at radius 1 is 1.23 bits per heavy atom. The molecule has 26 heavy (non-hydrogen) atoms. The van der Waals surface area contributed by atoms with Crippen LogP contribution in [0.2, 0.25) is 0 Å². The SMILES string of the molecule is Cc1nnc(SCC(=O)NCCc2ccc(F)cc2)n1C1CCCCC1. The molecule has 0 spiro atoms. The molecule has 7 heteroatoms. The summed E-state index contributed by atoms with van der Waals surface area (Å²) < 4.78 is 15.1. The van der Waals surface area contributed by atoms with Crippen LogP contribution >= 0.6 is 11.8 Å². The van der Waals surface area contributed by atoms with Crippen LogP contribution in [0.4, 0.5) is 4.39 Å². The summed E-state index contributed by atoms with van der Waals surface area (Å²) in [6.45, 7) is 2.52. The summed E-state index contributed by atoms with van der Waals surface area (Å²) in [5, 5.41) is 12.2. The number of nitrogens with zero attached hydrogens (tertiary/aromatic N) is 3. The van der Waals surface area contributed by atoms with E-state index in [1.54, 1.807) is 12.1 Å². The quantitative estimate of drug-likeness (QED) is 0.749. The highest BCUT2D eigenvalue weighted by molar-refractivity contribution is 7.99. The minimum atomic E-state index is -0.244. The Hall–Kier alpha value is -1.89. The first-order valence-electron chi connectivity index (χ1n) is 9.19. The zero-order chi connectivity index (χ0) is 18.4. The van der Waals surface area contributed by atoms with Gasteiger partial charge in [0.1, 0.15) is 11.6 Å². The van der Waals surface area contributed by atoms with E-state index in [-0.39, 0.29) is 11.7 Å². The van der Waals surface area contributed by atoms with Crippen molar-refractivity contribution in [3.05, 3.63) is 41.5 Å². The van der Waals surface area contributed by atoms with E-state index in [0.717, 1.165) is 29.4 Å². The van der Waals surface area contributed by atoms with Gasteiger partial charge in [-0.25, -0.2) is 4.39 Å². The van der Waals surface area contributed by atoms with E-state index in [1.807, 2.05) is 6.92 Å². The number of carbonyl (C=O) groups is 1. The predicted molar refractivity (Wildman–Crippen MR) is 101 cm³/mol. The third-order valence-electron chi connectivity index (χ3n) is 4.76. The van der Waals surface area contributed by atoms with Crippen LogP contribution in [0, 0.1) is 12.7 Å². The Labute approximate surface area is 157 Å². The number of thioether (sulfide) groups is 1. The van der Waals surface area contributed by atoms with Crippen molar-refractivity contribution in [3.63, 3.8) is 0 Å². The minimum absolute atomic E-state index is 0.0204. The molecule has 1 heterocycles. The molecule has 0 atom stereocenters. The molecule has 0 aliphatic heterocycles. The molecule has 0 bridgehead atoms. The molecule has 1 amide bonds. The number of hydrogen-bond acceptors (Lipinski definition) is 4. The van der Waals surface area contributed by atoms with Crippen LogP contribution in [-0.2, 0) is 11.2 Å². The highest BCUT2D eigenvalue weighted by Gasteiger charge is 2.21. The number of aromatic nitrogens is 3. The second-order valence-electron chi connectivity index (χ2n) is 6.71. The molecule has 3 rings (SSSR count). The normalized spacial score (nSPS) is 15.2. The van der Waals surface area contributed by atoms with Crippen molar-refractivity contribution < 1.29 is 9.18 Å². The Bertz CT molecular complexity index is 726. The summed E-state index contributed by atoms with van der Waals surface area (Å²) >= 11 is 1.45. The van der Waals surface area contributed by atoms with E-state index >= 15 is 0 Å². The molecule has 0 radical (unpaired) electrons. The third-order valence-corrected chi connectivity index (χ3v) is 5.70. The lowest BCUT2D eigenvalue weighted by molar-refractivity contribution is -0.118. The van der Waals surface area contributed by atoms with Crippen LogP contribution in [0.15, 0.2) is 29.4 Å². The van der Waals surface area contributed by atoms with Gasteiger partial charge in [-0.05, 0) is 43.9 Å². The van der Waals surface area contributed by atoms with Crippen molar-refractivity contribution in [2.75, 3.05) is 12.3 Å². The van der Waals surface area contributed by atoms with E-state index in [2.05, 4.69) is 20.1 Å². The molecule has 1 N–H and O–H groups in total. The summed E-state index contributed by atoms with van der Waals surface area (Å²) in [4.78, 5) is 12.1. The van der Waals surface area contributed by atoms with Gasteiger partial charge in [0.15, 0.2) is 5.16 Å². The number of amides is 1. The summed E-state index contributed by atoms with van der Waals surface area (Å²) in [6.07, 6.45) is 6.81. The average Bonchev–Trinajstić information content (AvgIpc) is 3.03. The molecule has 1 aliphatic rings. The summed E-state index contributed by atoms with van der Waals surface area (Å²) in [6, 6.07) is 6.82. The van der Waals surface area contributed by atoms with Gasteiger partial charge < -0.3 is 9.88 Å². The van der Waals surface area contributed by atoms with E-state index < -0.39 is 0 Å². The van der Waals surface area contributed by atoms with Gasteiger partial charge >= 0.3 is 0 Å². The first-order chi connectivity index (χ1) is 12.6. The maximum absolute atomic E-state index is 12.9. The molecular formula is C19H25FN4OS. The Kier molecular flexibility index (Phi) is 6.66. The first kappa shape index (κ1) is 18.9. The van der Waals surface area contributed by atoms with Crippen molar-refractivity contribution in [2.45, 2.75) is 56.6 Å². The Morgan fingerprint density at radius 2 is 1.96 bits per heavy atom. The van der Waals surface area contributed by atoms with E-state index in [0.29, 0.717) is 24.8 Å². The molecule has 140 valence electrons. The van der Waals surface area contributed by atoms with Crippen LogP contribution in [0.1, 0.15) is 49.5 Å². The van der Waals surface area contributed by atoms with Crippen molar-refractivity contribution in [1.82, 2.24) is 20.1 Å². The summed E-state index contributed by atoms with van der Waals surface area (Å²) in [7, 11) is 0. The fourth-order valence-electron chi connectivity index (χ4n) is 3.39. The standard InChI is InChI=1S/C19H25FN4OS/c1-14-22-23-19(24(14)17-5-3-2-4-6-17)26-13-18(25)21-12-11-15-7-9-16(20)10-8-15/h7-10,17H,2-6,11-13H2,1H3,(H,21,25). The Morgan fingerprint density at radius 3 is 2.69 bits per heavy atom. The third kappa shape index (κ3) is 5.06. The monoisotopic (exact) mass is 376 g/mol. The molecular weight excluding hydrogens is 351 g/mol. The number of benzene rings is 1. The number of nitrogens with one attached hydrogen (secondary N) is 1. The first-order valence-corrected chi connectivity index (χ1v) is 10.2. The highest BCUT2D eigenvalue weighted by atomic mass is 32.2. The van der Waals surface area contributed by atoms with Gasteiger partial charge in [0, 0.05) is 12.6 Å². The number of rotatable bonds is 7. The number of hydrogen-bond donors (Lipinski definition) is 1. The molecule has 0 unspecified atom stereocenters. The summed E-state index contributed by atoms with van der Waals surface area (Å²) in [5.41, 5.74) is 1.01. The fraction of sp³-hybridized carbons (Fsp3) is 0.526. The second kappa shape index (κ2) is 9.16. The van der Waals surface area contributed by atoms with Crippen LogP contribution in [0.3, 0.4) is 0 Å². The van der Waals surface area contributed by atoms with Crippen LogP contribution in [0.25, 0.3) is 0 Å². The minimum Gasteiger partial charge on any atom is -0.355 e. The Balaban J connectivity index is 1.46. The van der Waals surface area contributed by atoms with Crippen LogP contribution in [-0.4, -0.2) is 33.0 Å². The molecule has 1 fully saturated rings. The van der Waals surface area contributed by atoms with Gasteiger partial charge in [0.25, 0.3) is 0 Å². The maximum atomic E-state index is 12.9. The average molecular weight is 377 g/mol. The molecule has 5 nitrogen and oxygen atoms in total. The van der Waals surface area contributed by atoms with E-state index in [1.165, 1.54) is 43.2 Å². The van der Waals surface area contributed by atoms with Gasteiger partial charge in [-0.15, -0.1) is 10.2 Å². The van der Waals surface area contributed by atoms with E-state index in [4.69, 9.17) is 0 Å². The van der Waals surface area contributed by atoms with Crippen molar-refractivity contribution in [1.29, 1.82) is 0 Å². The zero-order valence-corrected chi connectivity index (χ0v) is 15.9. The maximum Gasteiger partial charge on any atom is 0.230 e.